The second-order valence-corrected chi connectivity index (χ2v) is 6.86. The third-order valence-corrected chi connectivity index (χ3v) is 4.57. The molecule has 2 aromatic carbocycles. The monoisotopic (exact) mass is 375 g/mol. The molecule has 0 aliphatic rings. The standard InChI is InChI=1S/C17H17N3O5S/c1-12-7-8-15(24-2)16(9-12)26(22,23)20-19-17(21)11-25-14-6-4-3-5-13(14)10-18/h3-9,20H,11H2,1-2H3,(H,19,21). The Morgan fingerprint density at radius 2 is 1.92 bits per heavy atom. The summed E-state index contributed by atoms with van der Waals surface area (Å²) in [6, 6.07) is 13.0. The number of benzene rings is 2. The number of nitriles is 1. The molecular weight excluding hydrogens is 358 g/mol. The average molecular weight is 375 g/mol. The molecule has 136 valence electrons. The van der Waals surface area contributed by atoms with E-state index in [1.807, 2.05) is 10.9 Å². The topological polar surface area (TPSA) is 118 Å². The first-order chi connectivity index (χ1) is 12.4. The number of methoxy groups -OCH3 is 1. The fourth-order valence-corrected chi connectivity index (χ4v) is 3.15. The first-order valence-corrected chi connectivity index (χ1v) is 8.93. The van der Waals surface area contributed by atoms with Crippen LogP contribution in [0, 0.1) is 18.3 Å². The van der Waals surface area contributed by atoms with E-state index in [9.17, 15) is 13.2 Å². The summed E-state index contributed by atoms with van der Waals surface area (Å²) >= 11 is 0. The molecule has 0 atom stereocenters. The minimum absolute atomic E-state index is 0.101. The van der Waals surface area contributed by atoms with Crippen LogP contribution in [0.2, 0.25) is 0 Å². The maximum atomic E-state index is 12.4. The number of rotatable bonds is 7. The van der Waals surface area contributed by atoms with Gasteiger partial charge in [0.05, 0.1) is 12.7 Å². The van der Waals surface area contributed by atoms with Crippen molar-refractivity contribution in [2.45, 2.75) is 11.8 Å². The van der Waals surface area contributed by atoms with Gasteiger partial charge in [-0.2, -0.15) is 5.26 Å². The number of para-hydroxylation sites is 1. The molecule has 8 nitrogen and oxygen atoms in total. The minimum atomic E-state index is -4.03. The molecule has 0 spiro atoms. The molecule has 2 aromatic rings. The first kappa shape index (κ1) is 19.2. The second-order valence-electron chi connectivity index (χ2n) is 5.20. The third kappa shape index (κ3) is 4.72. The summed E-state index contributed by atoms with van der Waals surface area (Å²) in [4.78, 5) is 13.7. The lowest BCUT2D eigenvalue weighted by atomic mass is 10.2. The number of ether oxygens (including phenoxy) is 2. The Balaban J connectivity index is 2.00. The normalized spacial score (nSPS) is 10.7. The first-order valence-electron chi connectivity index (χ1n) is 7.44. The molecule has 0 aliphatic heterocycles. The van der Waals surface area contributed by atoms with Crippen LogP contribution in [0.5, 0.6) is 11.5 Å². The zero-order valence-electron chi connectivity index (χ0n) is 14.1. The van der Waals surface area contributed by atoms with Crippen LogP contribution >= 0.6 is 0 Å². The number of hydrogen-bond acceptors (Lipinski definition) is 6. The van der Waals surface area contributed by atoms with Gasteiger partial charge in [-0.25, -0.2) is 8.42 Å². The zero-order chi connectivity index (χ0) is 19.2. The molecule has 2 N–H and O–H groups in total. The molecule has 0 aliphatic carbocycles. The number of carbonyl (C=O) groups excluding carboxylic acids is 1. The van der Waals surface area contributed by atoms with Crippen LogP contribution < -0.4 is 19.7 Å². The van der Waals surface area contributed by atoms with Gasteiger partial charge in [-0.15, -0.1) is 4.83 Å². The van der Waals surface area contributed by atoms with Crippen molar-refractivity contribution < 1.29 is 22.7 Å². The Morgan fingerprint density at radius 3 is 2.62 bits per heavy atom. The number of nitrogens with zero attached hydrogens (tertiary/aromatic N) is 1. The van der Waals surface area contributed by atoms with Crippen LogP contribution in [-0.4, -0.2) is 28.0 Å². The van der Waals surface area contributed by atoms with Crippen LogP contribution in [0.3, 0.4) is 0 Å². The fourth-order valence-electron chi connectivity index (χ4n) is 2.04. The highest BCUT2D eigenvalue weighted by molar-refractivity contribution is 7.89. The van der Waals surface area contributed by atoms with Crippen molar-refractivity contribution >= 4 is 15.9 Å². The number of aryl methyl sites for hydroxylation is 1. The number of carbonyl (C=O) groups is 1. The van der Waals surface area contributed by atoms with E-state index in [1.54, 1.807) is 31.2 Å². The summed E-state index contributed by atoms with van der Waals surface area (Å²) in [7, 11) is -2.68. The quantitative estimate of drug-likeness (QED) is 0.704. The number of nitrogens with one attached hydrogen (secondary N) is 2. The van der Waals surface area contributed by atoms with Crippen LogP contribution in [-0.2, 0) is 14.8 Å². The Hall–Kier alpha value is -3.09. The predicted octanol–water partition coefficient (Wildman–Crippen LogP) is 1.26. The van der Waals surface area contributed by atoms with Gasteiger partial charge in [-0.1, -0.05) is 18.2 Å². The Kier molecular flexibility index (Phi) is 6.16. The van der Waals surface area contributed by atoms with E-state index in [-0.39, 0.29) is 22.0 Å². The van der Waals surface area contributed by atoms with Crippen LogP contribution in [0.4, 0.5) is 0 Å². The van der Waals surface area contributed by atoms with Crippen molar-refractivity contribution in [3.8, 4) is 17.6 Å². The van der Waals surface area contributed by atoms with Gasteiger partial charge < -0.3 is 9.47 Å². The summed E-state index contributed by atoms with van der Waals surface area (Å²) < 4.78 is 35.0. The Bertz CT molecular complexity index is 951. The van der Waals surface area contributed by atoms with Crippen molar-refractivity contribution in [1.29, 1.82) is 5.26 Å². The van der Waals surface area contributed by atoms with Crippen LogP contribution in [0.25, 0.3) is 0 Å². The zero-order valence-corrected chi connectivity index (χ0v) is 15.0. The molecule has 0 unspecified atom stereocenters. The number of sulfonamides is 1. The second kappa shape index (κ2) is 8.33. The van der Waals surface area contributed by atoms with Crippen molar-refractivity contribution in [3.05, 3.63) is 53.6 Å². The molecule has 0 saturated heterocycles. The molecule has 0 heterocycles. The summed E-state index contributed by atoms with van der Waals surface area (Å²) in [5.41, 5.74) is 3.05. The maximum absolute atomic E-state index is 12.4. The Labute approximate surface area is 151 Å². The van der Waals surface area contributed by atoms with Gasteiger partial charge in [0.15, 0.2) is 6.61 Å². The van der Waals surface area contributed by atoms with E-state index < -0.39 is 22.5 Å². The SMILES string of the molecule is COc1ccc(C)cc1S(=O)(=O)NNC(=O)COc1ccccc1C#N. The molecule has 9 heteroatoms. The highest BCUT2D eigenvalue weighted by atomic mass is 32.2. The van der Waals surface area contributed by atoms with E-state index in [2.05, 4.69) is 5.43 Å². The summed E-state index contributed by atoms with van der Waals surface area (Å²) in [5.74, 6) is -0.349. The van der Waals surface area contributed by atoms with E-state index in [0.717, 1.165) is 0 Å². The molecule has 0 aromatic heterocycles. The van der Waals surface area contributed by atoms with E-state index in [4.69, 9.17) is 14.7 Å². The molecule has 26 heavy (non-hydrogen) atoms. The predicted molar refractivity (Wildman–Crippen MR) is 92.8 cm³/mol. The smallest absolute Gasteiger partial charge is 0.272 e. The number of hydrazine groups is 1. The third-order valence-electron chi connectivity index (χ3n) is 3.30. The van der Waals surface area contributed by atoms with Crippen molar-refractivity contribution in [2.24, 2.45) is 0 Å². The largest absolute Gasteiger partial charge is 0.495 e. The summed E-state index contributed by atoms with van der Waals surface area (Å²) in [6.07, 6.45) is 0. The molecule has 0 saturated carbocycles. The van der Waals surface area contributed by atoms with Gasteiger partial charge in [0.25, 0.3) is 15.9 Å². The fraction of sp³-hybridized carbons (Fsp3) is 0.176. The van der Waals surface area contributed by atoms with Crippen molar-refractivity contribution in [1.82, 2.24) is 10.3 Å². The van der Waals surface area contributed by atoms with Gasteiger partial charge in [0.1, 0.15) is 22.5 Å². The van der Waals surface area contributed by atoms with Gasteiger partial charge in [0.2, 0.25) is 0 Å². The molecule has 0 bridgehead atoms. The molecule has 0 fully saturated rings. The maximum Gasteiger partial charge on any atom is 0.272 e. The average Bonchev–Trinajstić information content (AvgIpc) is 2.65. The van der Waals surface area contributed by atoms with Gasteiger partial charge in [0, 0.05) is 0 Å². The number of amides is 1. The Morgan fingerprint density at radius 1 is 1.19 bits per heavy atom. The van der Waals surface area contributed by atoms with Gasteiger partial charge >= 0.3 is 0 Å². The van der Waals surface area contributed by atoms with Crippen molar-refractivity contribution in [2.75, 3.05) is 13.7 Å². The van der Waals surface area contributed by atoms with E-state index in [0.29, 0.717) is 5.56 Å². The lowest BCUT2D eigenvalue weighted by molar-refractivity contribution is -0.123. The molecule has 1 amide bonds. The van der Waals surface area contributed by atoms with Gasteiger partial charge in [-0.3, -0.25) is 10.2 Å². The van der Waals surface area contributed by atoms with Crippen LogP contribution in [0.1, 0.15) is 11.1 Å². The highest BCUT2D eigenvalue weighted by Crippen LogP contribution is 2.24. The molecular formula is C17H17N3O5S. The number of hydrogen-bond donors (Lipinski definition) is 2. The van der Waals surface area contributed by atoms with Crippen molar-refractivity contribution in [3.63, 3.8) is 0 Å². The lowest BCUT2D eigenvalue weighted by Crippen LogP contribution is -2.43. The van der Waals surface area contributed by atoms with Crippen LogP contribution in [0.15, 0.2) is 47.4 Å². The molecule has 0 radical (unpaired) electrons. The van der Waals surface area contributed by atoms with E-state index in [1.165, 1.54) is 25.3 Å². The van der Waals surface area contributed by atoms with Gasteiger partial charge in [-0.05, 0) is 36.8 Å². The minimum Gasteiger partial charge on any atom is -0.495 e. The molecule has 2 rings (SSSR count). The summed E-state index contributed by atoms with van der Waals surface area (Å²) in [5, 5.41) is 8.96. The highest BCUT2D eigenvalue weighted by Gasteiger charge is 2.20. The van der Waals surface area contributed by atoms with E-state index >= 15 is 0 Å². The lowest BCUT2D eigenvalue weighted by Gasteiger charge is -2.12. The summed E-state index contributed by atoms with van der Waals surface area (Å²) in [6.45, 7) is 1.27.